The predicted molar refractivity (Wildman–Crippen MR) is 349 cm³/mol. The zero-order valence-corrected chi connectivity index (χ0v) is 59.3. The molecule has 37 heteroatoms. The molecule has 0 bridgehead atoms. The Morgan fingerprint density at radius 1 is 0.560 bits per heavy atom. The summed E-state index contributed by atoms with van der Waals surface area (Å²) in [6.07, 6.45) is 6.26. The average Bonchev–Trinajstić information content (AvgIpc) is 1.62. The number of aliphatic hydroxyl groups is 2. The van der Waals surface area contributed by atoms with Crippen molar-refractivity contribution in [1.82, 2.24) is 67.0 Å². The number of nitrogens with zero attached hydrogens (tertiary/aromatic N) is 6. The van der Waals surface area contributed by atoms with Crippen LogP contribution in [0.2, 0.25) is 0 Å². The van der Waals surface area contributed by atoms with E-state index in [4.69, 9.17) is 11.5 Å². The molecule has 2 heterocycles. The van der Waals surface area contributed by atoms with Crippen LogP contribution >= 0.6 is 0 Å². The van der Waals surface area contributed by atoms with Gasteiger partial charge in [0.15, 0.2) is 5.96 Å². The number of unbranched alkanes of at least 4 members (excludes halogenated alkanes) is 8. The second-order valence-corrected chi connectivity index (χ2v) is 24.7. The van der Waals surface area contributed by atoms with Crippen LogP contribution < -0.4 is 69.3 Å². The van der Waals surface area contributed by atoms with Crippen LogP contribution in [0.5, 0.6) is 5.75 Å². The number of hydrogen-bond acceptors (Lipinski definition) is 24. The number of phenolic OH excluding ortho intramolecular Hbond substituents is 1. The number of aliphatic carboxylic acids is 4. The number of nitrogens with two attached hydrogens (primary N) is 2. The van der Waals surface area contributed by atoms with Crippen molar-refractivity contribution < 1.29 is 138 Å². The number of amides is 9. The van der Waals surface area contributed by atoms with Crippen LogP contribution in [-0.4, -0.2) is 288 Å². The molecule has 0 saturated carbocycles. The molecule has 8 atom stereocenters. The van der Waals surface area contributed by atoms with Gasteiger partial charge >= 0.3 is 45.9 Å². The van der Waals surface area contributed by atoms with Crippen molar-refractivity contribution in [3.8, 4) is 5.75 Å². The van der Waals surface area contributed by atoms with E-state index in [-0.39, 0.29) is 162 Å². The number of benzene rings is 1. The van der Waals surface area contributed by atoms with E-state index in [2.05, 4.69) is 47.5 Å². The topological polar surface area (TPSA) is 549 Å². The van der Waals surface area contributed by atoms with Gasteiger partial charge in [0.1, 0.15) is 48.0 Å². The van der Waals surface area contributed by atoms with E-state index in [0.717, 1.165) is 38.5 Å². The van der Waals surface area contributed by atoms with Crippen molar-refractivity contribution in [3.05, 3.63) is 29.8 Å². The van der Waals surface area contributed by atoms with Crippen molar-refractivity contribution in [1.29, 1.82) is 0 Å². The van der Waals surface area contributed by atoms with E-state index in [9.17, 15) is 98.1 Å². The number of carboxylic acids is 4. The van der Waals surface area contributed by atoms with E-state index in [1.54, 1.807) is 14.7 Å². The summed E-state index contributed by atoms with van der Waals surface area (Å²) in [4.78, 5) is 178. The Balaban J connectivity index is 0.0000340. The largest absolute Gasteiger partial charge is 3.00 e. The molecule has 561 valence electrons. The maximum absolute atomic E-state index is 14.5. The number of nitrogens with one attached hydrogen (secondary N) is 8. The van der Waals surface area contributed by atoms with Crippen LogP contribution in [0.4, 0.5) is 0 Å². The number of guanidine groups is 1. The van der Waals surface area contributed by atoms with Gasteiger partial charge in [-0.2, -0.15) is 0 Å². The quantitative estimate of drug-likeness (QED) is 0.0164. The molecule has 2 aliphatic rings. The first-order valence-corrected chi connectivity index (χ1v) is 33.5. The van der Waals surface area contributed by atoms with Gasteiger partial charge in [-0.3, -0.25) is 72.5 Å². The molecule has 0 unspecified atom stereocenters. The summed E-state index contributed by atoms with van der Waals surface area (Å²) in [5.74, 6) is -12.3. The second kappa shape index (κ2) is 48.3. The van der Waals surface area contributed by atoms with Crippen LogP contribution in [-0.2, 0) is 68.7 Å². The van der Waals surface area contributed by atoms with Crippen LogP contribution in [0.1, 0.15) is 116 Å². The predicted octanol–water partition coefficient (Wildman–Crippen LogP) is -9.01. The molecule has 1 aromatic carbocycles. The van der Waals surface area contributed by atoms with Gasteiger partial charge in [-0.1, -0.05) is 57.1 Å². The minimum Gasteiger partial charge on any atom is -0.549 e. The van der Waals surface area contributed by atoms with E-state index < -0.39 is 152 Å². The number of aromatic hydroxyl groups is 1. The van der Waals surface area contributed by atoms with Gasteiger partial charge in [0.25, 0.3) is 0 Å². The maximum atomic E-state index is 14.5. The van der Waals surface area contributed by atoms with Crippen molar-refractivity contribution in [2.45, 2.75) is 165 Å². The van der Waals surface area contributed by atoms with Crippen molar-refractivity contribution in [2.75, 3.05) is 111 Å². The van der Waals surface area contributed by atoms with Crippen molar-refractivity contribution in [3.63, 3.8) is 0 Å². The number of likely N-dealkylation sites (tertiary alicyclic amines) is 1. The number of phenols is 1. The summed E-state index contributed by atoms with van der Waals surface area (Å²) in [5, 5.41) is 94.3. The molecule has 1 radical (unpaired) electrons. The summed E-state index contributed by atoms with van der Waals surface area (Å²) in [6, 6.07) is -4.09. The van der Waals surface area contributed by atoms with E-state index >= 15 is 0 Å². The van der Waals surface area contributed by atoms with Gasteiger partial charge in [-0.25, -0.2) is 0 Å². The van der Waals surface area contributed by atoms with Crippen LogP contribution in [0.15, 0.2) is 29.3 Å². The number of carbonyl (C=O) groups is 13. The van der Waals surface area contributed by atoms with E-state index in [1.165, 1.54) is 54.8 Å². The SMILES string of the molecule is C[C@H](NC(=O)[C@@H](NC(=O)[C@H](C)NC(=O)[C@@H]1CCCN1C(=O)[C@H](Cc1ccc(O)cc1)NC(=O)[C@H](CO)NC(=O)[C@H](CCCN=C(N)N)NC(=O)CCCCCCCCCCCNC(=O)CNC(=O)CN1CCN(CC(=O)[O-])CCN(CC(=O)[O-])CCN(CC(=O)[O-])CC1)[C@@H](C)O)C(=O)O.[Gd+3]. The fraction of sp³-hybridized carbons (Fsp3) is 0.683. The third-order valence-electron chi connectivity index (χ3n) is 16.5. The first-order valence-electron chi connectivity index (χ1n) is 33.5. The Kier molecular flexibility index (Phi) is 42.8. The Bertz CT molecular complexity index is 2830. The molecule has 36 nitrogen and oxygen atoms in total. The van der Waals surface area contributed by atoms with Crippen molar-refractivity contribution >= 4 is 83.0 Å². The molecule has 0 spiro atoms. The number of rotatable bonds is 43. The Hall–Kier alpha value is -7.52. The van der Waals surface area contributed by atoms with Gasteiger partial charge in [0.2, 0.25) is 53.2 Å². The Labute approximate surface area is 613 Å². The standard InChI is InChI=1S/C63H104N16O20.Gd/c1-40(56(92)74-55(42(3)81)60(96)70-41(2)62(98)99)69-59(95)48-16-14-24-79(48)61(97)46(33-43-18-20-44(82)21-19-43)72-58(94)47(39-80)73-57(93)45(15-13-23-67-63(64)65)71-49(83)17-11-9-7-5-4-6-8-10-12-22-66-50(84)34-68-51(85)35-75-25-27-76(36-52(86)87)29-31-78(38-54(90)91)32-30-77(28-26-75)37-53(88)89;/h18-21,40-42,45-48,55,80-82H,4-17,22-39H2,1-3H3,(H,66,84)(H,68,85)(H,69,95)(H,70,96)(H,71,83)(H,72,94)(H,73,93)(H,74,92)(H,86,87)(H,88,89)(H,90,91)(H,98,99)(H4,64,65,67);/q;+3/p-3/t40-,41-,42+,45-,46-,47-,48-,55-;/m0./s1. The number of hydrogen-bond donors (Lipinski definition) is 14. The monoisotopic (exact) mass is 1560 g/mol. The summed E-state index contributed by atoms with van der Waals surface area (Å²) < 4.78 is 0. The molecule has 100 heavy (non-hydrogen) atoms. The van der Waals surface area contributed by atoms with Gasteiger partial charge in [0.05, 0.1) is 43.7 Å². The molecular formula is C63H101GdN16O20. The second-order valence-electron chi connectivity index (χ2n) is 24.7. The van der Waals surface area contributed by atoms with Gasteiger partial charge in [0, 0.05) is 104 Å². The molecule has 9 amide bonds. The molecule has 2 saturated heterocycles. The first kappa shape index (κ1) is 88.6. The third kappa shape index (κ3) is 36.2. The number of carboxylic acid groups (broad SMARTS) is 4. The molecule has 3 rings (SSSR count). The van der Waals surface area contributed by atoms with E-state index in [0.29, 0.717) is 37.8 Å². The van der Waals surface area contributed by atoms with Crippen molar-refractivity contribution in [2.24, 2.45) is 16.5 Å². The number of aliphatic hydroxyl groups excluding tert-OH is 2. The zero-order chi connectivity index (χ0) is 73.6. The van der Waals surface area contributed by atoms with E-state index in [1.807, 2.05) is 0 Å². The summed E-state index contributed by atoms with van der Waals surface area (Å²) >= 11 is 0. The summed E-state index contributed by atoms with van der Waals surface area (Å²) in [5.41, 5.74) is 11.4. The maximum Gasteiger partial charge on any atom is 3.00 e. The fourth-order valence-electron chi connectivity index (χ4n) is 10.9. The minimum atomic E-state index is -1.66. The molecule has 2 aliphatic heterocycles. The minimum absolute atomic E-state index is 0. The van der Waals surface area contributed by atoms with Crippen LogP contribution in [0.3, 0.4) is 0 Å². The van der Waals surface area contributed by atoms with Crippen LogP contribution in [0, 0.1) is 39.9 Å². The molecular weight excluding hydrogens is 1460 g/mol. The smallest absolute Gasteiger partial charge is 0.549 e. The molecule has 0 aliphatic carbocycles. The molecule has 0 aromatic heterocycles. The van der Waals surface area contributed by atoms with Gasteiger partial charge in [-0.15, -0.1) is 0 Å². The Morgan fingerprint density at radius 2 is 1.06 bits per heavy atom. The number of carbonyl (C=O) groups excluding carboxylic acids is 12. The summed E-state index contributed by atoms with van der Waals surface area (Å²) in [6.45, 7) is 2.77. The average molecular weight is 1560 g/mol. The van der Waals surface area contributed by atoms with Gasteiger partial charge in [-0.05, 0) is 77.0 Å². The molecule has 16 N–H and O–H groups in total. The first-order chi connectivity index (χ1) is 47.0. The molecule has 1 aromatic rings. The fourth-order valence-corrected chi connectivity index (χ4v) is 10.9. The Morgan fingerprint density at radius 3 is 1.56 bits per heavy atom. The van der Waals surface area contributed by atoms with Crippen LogP contribution in [0.25, 0.3) is 0 Å². The number of aliphatic imine (C=N–C) groups is 1. The normalized spacial score (nSPS) is 17.0. The zero-order valence-electron chi connectivity index (χ0n) is 57.1. The summed E-state index contributed by atoms with van der Waals surface area (Å²) in [7, 11) is 0. The molecule has 2 fully saturated rings. The van der Waals surface area contributed by atoms with Gasteiger partial charge < -0.3 is 109 Å². The third-order valence-corrected chi connectivity index (χ3v) is 16.5.